The van der Waals surface area contributed by atoms with E-state index < -0.39 is 0 Å². The van der Waals surface area contributed by atoms with Crippen molar-refractivity contribution < 1.29 is 9.53 Å². The van der Waals surface area contributed by atoms with Gasteiger partial charge in [0.25, 0.3) is 0 Å². The molecule has 0 bridgehead atoms. The average Bonchev–Trinajstić information content (AvgIpc) is 2.55. The van der Waals surface area contributed by atoms with Gasteiger partial charge < -0.3 is 9.64 Å². The van der Waals surface area contributed by atoms with Crippen molar-refractivity contribution in [2.75, 3.05) is 13.7 Å². The Balaban J connectivity index is 1.83. The van der Waals surface area contributed by atoms with E-state index in [9.17, 15) is 4.79 Å². The number of hydrogen-bond acceptors (Lipinski definition) is 2. The predicted molar refractivity (Wildman–Crippen MR) is 83.3 cm³/mol. The van der Waals surface area contributed by atoms with E-state index in [0.29, 0.717) is 12.0 Å². The van der Waals surface area contributed by atoms with E-state index in [1.54, 1.807) is 12.7 Å². The molecule has 2 unspecified atom stereocenters. The molecule has 0 aromatic heterocycles. The zero-order valence-electron chi connectivity index (χ0n) is 12.6. The molecule has 1 amide bonds. The van der Waals surface area contributed by atoms with Crippen LogP contribution >= 0.6 is 0 Å². The lowest BCUT2D eigenvalue weighted by Gasteiger charge is -2.42. The number of fused-ring (bicyclic) bond motifs is 1. The van der Waals surface area contributed by atoms with Crippen LogP contribution in [-0.4, -0.2) is 31.0 Å². The Labute approximate surface area is 126 Å². The molecular formula is C18H23NO2. The highest BCUT2D eigenvalue weighted by Gasteiger charge is 2.33. The molecule has 3 heteroatoms. The van der Waals surface area contributed by atoms with Crippen LogP contribution in [0, 0.1) is 5.92 Å². The van der Waals surface area contributed by atoms with E-state index in [0.717, 1.165) is 25.1 Å². The molecule has 3 rings (SSSR count). The maximum absolute atomic E-state index is 11.4. The SMILES string of the molecule is COc1cccc(CC2C3CCCCC3=CCN2C=O)c1. The normalized spacial score (nSPS) is 25.0. The first-order chi connectivity index (χ1) is 10.3. The van der Waals surface area contributed by atoms with E-state index in [2.05, 4.69) is 18.2 Å². The van der Waals surface area contributed by atoms with Crippen molar-refractivity contribution in [3.05, 3.63) is 41.5 Å². The summed E-state index contributed by atoms with van der Waals surface area (Å²) >= 11 is 0. The van der Waals surface area contributed by atoms with Crippen LogP contribution < -0.4 is 4.74 Å². The zero-order valence-corrected chi connectivity index (χ0v) is 12.6. The van der Waals surface area contributed by atoms with Crippen LogP contribution in [-0.2, 0) is 11.2 Å². The molecule has 0 N–H and O–H groups in total. The fraction of sp³-hybridized carbons (Fsp3) is 0.500. The van der Waals surface area contributed by atoms with Crippen molar-refractivity contribution in [2.24, 2.45) is 5.92 Å². The second-order valence-electron chi connectivity index (χ2n) is 6.06. The summed E-state index contributed by atoms with van der Waals surface area (Å²) in [4.78, 5) is 13.4. The zero-order chi connectivity index (χ0) is 14.7. The highest BCUT2D eigenvalue weighted by molar-refractivity contribution is 5.50. The molecule has 0 radical (unpaired) electrons. The second kappa shape index (κ2) is 6.33. The second-order valence-corrected chi connectivity index (χ2v) is 6.06. The third-order valence-corrected chi connectivity index (χ3v) is 4.88. The molecule has 1 aromatic carbocycles. The number of ether oxygens (including phenoxy) is 1. The van der Waals surface area contributed by atoms with E-state index in [4.69, 9.17) is 4.74 Å². The van der Waals surface area contributed by atoms with Crippen LogP contribution in [0.4, 0.5) is 0 Å². The first kappa shape index (κ1) is 14.2. The van der Waals surface area contributed by atoms with Gasteiger partial charge in [-0.1, -0.05) is 30.2 Å². The fourth-order valence-electron chi connectivity index (χ4n) is 3.77. The third kappa shape index (κ3) is 2.97. The van der Waals surface area contributed by atoms with Crippen molar-refractivity contribution in [2.45, 2.75) is 38.1 Å². The summed E-state index contributed by atoms with van der Waals surface area (Å²) in [6.07, 6.45) is 9.22. The molecule has 1 heterocycles. The van der Waals surface area contributed by atoms with Gasteiger partial charge in [-0.3, -0.25) is 4.79 Å². The monoisotopic (exact) mass is 285 g/mol. The van der Waals surface area contributed by atoms with Gasteiger partial charge in [0.15, 0.2) is 0 Å². The van der Waals surface area contributed by atoms with Gasteiger partial charge in [0.2, 0.25) is 6.41 Å². The Hall–Kier alpha value is -1.77. The highest BCUT2D eigenvalue weighted by atomic mass is 16.5. The largest absolute Gasteiger partial charge is 0.497 e. The van der Waals surface area contributed by atoms with E-state index in [1.807, 2.05) is 17.0 Å². The molecule has 1 aliphatic heterocycles. The number of hydrogen-bond donors (Lipinski definition) is 0. The first-order valence-electron chi connectivity index (χ1n) is 7.84. The lowest BCUT2D eigenvalue weighted by Crippen LogP contribution is -2.46. The minimum Gasteiger partial charge on any atom is -0.497 e. The molecule has 2 aliphatic rings. The van der Waals surface area contributed by atoms with Crippen molar-refractivity contribution in [3.63, 3.8) is 0 Å². The van der Waals surface area contributed by atoms with Crippen molar-refractivity contribution in [1.29, 1.82) is 0 Å². The van der Waals surface area contributed by atoms with Gasteiger partial charge in [-0.25, -0.2) is 0 Å². The van der Waals surface area contributed by atoms with Crippen LogP contribution in [0.25, 0.3) is 0 Å². The maximum Gasteiger partial charge on any atom is 0.210 e. The van der Waals surface area contributed by atoms with Crippen LogP contribution in [0.3, 0.4) is 0 Å². The molecule has 1 saturated carbocycles. The highest BCUT2D eigenvalue weighted by Crippen LogP contribution is 2.37. The third-order valence-electron chi connectivity index (χ3n) is 4.88. The Bertz CT molecular complexity index is 538. The minimum atomic E-state index is 0.301. The smallest absolute Gasteiger partial charge is 0.210 e. The van der Waals surface area contributed by atoms with Crippen molar-refractivity contribution in [3.8, 4) is 5.75 Å². The van der Waals surface area contributed by atoms with Gasteiger partial charge in [-0.15, -0.1) is 0 Å². The molecule has 21 heavy (non-hydrogen) atoms. The summed E-state index contributed by atoms with van der Waals surface area (Å²) in [6.45, 7) is 0.768. The quantitative estimate of drug-likeness (QED) is 0.628. The number of amides is 1. The number of methoxy groups -OCH3 is 1. The van der Waals surface area contributed by atoms with Gasteiger partial charge in [0, 0.05) is 18.5 Å². The number of carbonyl (C=O) groups excluding carboxylic acids is 1. The van der Waals surface area contributed by atoms with Gasteiger partial charge in [0.1, 0.15) is 5.75 Å². The molecule has 1 fully saturated rings. The Kier molecular flexibility index (Phi) is 4.28. The van der Waals surface area contributed by atoms with Crippen LogP contribution in [0.1, 0.15) is 31.2 Å². The summed E-state index contributed by atoms with van der Waals surface area (Å²) in [6, 6.07) is 8.51. The van der Waals surface area contributed by atoms with E-state index >= 15 is 0 Å². The van der Waals surface area contributed by atoms with E-state index in [-0.39, 0.29) is 0 Å². The molecule has 0 spiro atoms. The summed E-state index contributed by atoms with van der Waals surface area (Å²) in [5.41, 5.74) is 2.82. The van der Waals surface area contributed by atoms with Crippen LogP contribution in [0.15, 0.2) is 35.9 Å². The first-order valence-corrected chi connectivity index (χ1v) is 7.84. The van der Waals surface area contributed by atoms with Gasteiger partial charge >= 0.3 is 0 Å². The average molecular weight is 285 g/mol. The van der Waals surface area contributed by atoms with Gasteiger partial charge in [0.05, 0.1) is 7.11 Å². The summed E-state index contributed by atoms with van der Waals surface area (Å²) in [7, 11) is 1.69. The number of nitrogens with zero attached hydrogens (tertiary/aromatic N) is 1. The van der Waals surface area contributed by atoms with Crippen molar-refractivity contribution >= 4 is 6.41 Å². The standard InChI is InChI=1S/C18H23NO2/c1-21-16-7-4-5-14(11-16)12-18-17-8-3-2-6-15(17)9-10-19(18)13-20/h4-5,7,9,11,13,17-18H,2-3,6,8,10,12H2,1H3. The van der Waals surface area contributed by atoms with Gasteiger partial charge in [-0.2, -0.15) is 0 Å². The predicted octanol–water partition coefficient (Wildman–Crippen LogP) is 3.19. The molecule has 1 aromatic rings. The molecular weight excluding hydrogens is 262 g/mol. The molecule has 1 aliphatic carbocycles. The molecule has 2 atom stereocenters. The Morgan fingerprint density at radius 1 is 1.38 bits per heavy atom. The summed E-state index contributed by atoms with van der Waals surface area (Å²) in [5, 5.41) is 0. The lowest BCUT2D eigenvalue weighted by atomic mass is 9.75. The molecule has 112 valence electrons. The summed E-state index contributed by atoms with van der Waals surface area (Å²) in [5.74, 6) is 1.43. The number of benzene rings is 1. The molecule has 3 nitrogen and oxygen atoms in total. The lowest BCUT2D eigenvalue weighted by molar-refractivity contribution is -0.121. The van der Waals surface area contributed by atoms with Crippen LogP contribution in [0.2, 0.25) is 0 Å². The fourth-order valence-corrected chi connectivity index (χ4v) is 3.77. The van der Waals surface area contributed by atoms with Crippen molar-refractivity contribution in [1.82, 2.24) is 4.90 Å². The van der Waals surface area contributed by atoms with E-state index in [1.165, 1.54) is 31.2 Å². The maximum atomic E-state index is 11.4. The topological polar surface area (TPSA) is 29.5 Å². The summed E-state index contributed by atoms with van der Waals surface area (Å²) < 4.78 is 5.31. The Morgan fingerprint density at radius 2 is 2.29 bits per heavy atom. The number of rotatable bonds is 4. The number of carbonyl (C=O) groups is 1. The van der Waals surface area contributed by atoms with Gasteiger partial charge in [-0.05, 0) is 43.4 Å². The Morgan fingerprint density at radius 3 is 3.10 bits per heavy atom. The van der Waals surface area contributed by atoms with Crippen LogP contribution in [0.5, 0.6) is 5.75 Å². The minimum absolute atomic E-state index is 0.301. The molecule has 0 saturated heterocycles.